The van der Waals surface area contributed by atoms with Gasteiger partial charge in [-0.15, -0.1) is 6.58 Å². The van der Waals surface area contributed by atoms with E-state index >= 15 is 0 Å². The van der Waals surface area contributed by atoms with Gasteiger partial charge in [0.1, 0.15) is 23.4 Å². The number of aliphatic hydroxyl groups excluding tert-OH is 1. The Labute approximate surface area is 276 Å². The number of rotatable bonds is 12. The molecule has 0 radical (unpaired) electrons. The summed E-state index contributed by atoms with van der Waals surface area (Å²) in [6.45, 7) is 11.3. The van der Waals surface area contributed by atoms with Gasteiger partial charge >= 0.3 is 11.9 Å². The SMILES string of the molecule is C=CC1C(=O)N[C@@]2(Cc3[nH]c(=C\C4=C(CCC(=O)O)C(C)[C@]5(/C=C6\NC(=O)[C@H](C)[C@H]6CCS)NN45)/c(=C(/O)CC(=O)O)c3C)O[C@@]12C. The minimum atomic E-state index is -1.21. The highest BCUT2D eigenvalue weighted by atomic mass is 32.1. The zero-order valence-corrected chi connectivity index (χ0v) is 27.7. The first-order valence-corrected chi connectivity index (χ1v) is 16.4. The molecular weight excluding hydrogens is 626 g/mol. The molecule has 2 unspecified atom stereocenters. The maximum atomic E-state index is 12.6. The minimum absolute atomic E-state index is 0.0319. The van der Waals surface area contributed by atoms with E-state index in [4.69, 9.17) is 4.74 Å². The number of H-pyrrole nitrogens is 1. The fourth-order valence-corrected chi connectivity index (χ4v) is 8.17. The molecule has 0 spiro atoms. The van der Waals surface area contributed by atoms with E-state index in [1.807, 2.05) is 31.9 Å². The molecule has 1 aromatic rings. The number of aliphatic hydroxyl groups is 1. The summed E-state index contributed by atoms with van der Waals surface area (Å²) < 4.78 is 6.07. The number of thiol groups is 1. The molecule has 0 aliphatic carbocycles. The van der Waals surface area contributed by atoms with Crippen molar-refractivity contribution >= 4 is 48.2 Å². The van der Waals surface area contributed by atoms with Gasteiger partial charge in [0.25, 0.3) is 0 Å². The first-order valence-electron chi connectivity index (χ1n) is 15.8. The number of nitrogens with zero attached hydrogens (tertiary/aromatic N) is 1. The molecular formula is C33H41N5O8S. The Balaban J connectivity index is 1.45. The van der Waals surface area contributed by atoms with Crippen LogP contribution in [0.25, 0.3) is 11.8 Å². The Kier molecular flexibility index (Phi) is 7.92. The first kappa shape index (κ1) is 32.9. The van der Waals surface area contributed by atoms with Crippen LogP contribution >= 0.6 is 12.6 Å². The molecule has 0 bridgehead atoms. The molecule has 252 valence electrons. The van der Waals surface area contributed by atoms with Crippen molar-refractivity contribution in [3.8, 4) is 0 Å². The number of nitrogens with one attached hydrogen (secondary N) is 4. The van der Waals surface area contributed by atoms with Crippen LogP contribution in [0.15, 0.2) is 35.7 Å². The summed E-state index contributed by atoms with van der Waals surface area (Å²) in [4.78, 5) is 52.0. The Morgan fingerprint density at radius 3 is 2.49 bits per heavy atom. The summed E-state index contributed by atoms with van der Waals surface area (Å²) in [5.41, 5.74) is 4.50. The van der Waals surface area contributed by atoms with Crippen molar-refractivity contribution < 1.29 is 39.2 Å². The third-order valence-corrected chi connectivity index (χ3v) is 11.0. The number of hydrogen-bond acceptors (Lipinski definition) is 9. The quantitative estimate of drug-likeness (QED) is 0.0904. The average Bonchev–Trinajstić information content (AvgIpc) is 3.69. The van der Waals surface area contributed by atoms with Crippen molar-refractivity contribution in [2.45, 2.75) is 76.8 Å². The van der Waals surface area contributed by atoms with Crippen LogP contribution in [0, 0.1) is 30.6 Å². The number of carboxylic acids is 2. The lowest BCUT2D eigenvalue weighted by Gasteiger charge is -2.19. The number of aromatic amines is 1. The Hall–Kier alpha value is -4.01. The van der Waals surface area contributed by atoms with Gasteiger partial charge < -0.3 is 35.7 Å². The lowest BCUT2D eigenvalue weighted by atomic mass is 9.86. The Morgan fingerprint density at radius 1 is 1.15 bits per heavy atom. The molecule has 4 fully saturated rings. The molecule has 6 heterocycles. The van der Waals surface area contributed by atoms with Crippen LogP contribution in [0.5, 0.6) is 0 Å². The van der Waals surface area contributed by atoms with Gasteiger partial charge in [0, 0.05) is 47.2 Å². The van der Waals surface area contributed by atoms with Crippen LogP contribution in [-0.4, -0.2) is 71.8 Å². The number of allylic oxidation sites excluding steroid dienone is 2. The lowest BCUT2D eigenvalue weighted by Crippen LogP contribution is -2.36. The number of fused-ring (bicyclic) bond motifs is 2. The normalized spacial score (nSPS) is 35.6. The highest BCUT2D eigenvalue weighted by molar-refractivity contribution is 7.80. The second-order valence-electron chi connectivity index (χ2n) is 13.4. The monoisotopic (exact) mass is 667 g/mol. The van der Waals surface area contributed by atoms with Gasteiger partial charge in [0.15, 0.2) is 5.72 Å². The number of amides is 2. The second-order valence-corrected chi connectivity index (χ2v) is 13.8. The van der Waals surface area contributed by atoms with E-state index in [0.717, 1.165) is 11.3 Å². The van der Waals surface area contributed by atoms with Crippen molar-refractivity contribution in [3.63, 3.8) is 0 Å². The van der Waals surface area contributed by atoms with Crippen molar-refractivity contribution in [1.82, 2.24) is 26.1 Å². The van der Waals surface area contributed by atoms with E-state index in [2.05, 4.69) is 40.3 Å². The number of epoxide rings is 1. The largest absolute Gasteiger partial charge is 0.511 e. The number of aromatic nitrogens is 1. The topological polar surface area (TPSA) is 206 Å². The molecule has 5 aliphatic rings. The molecule has 7 N–H and O–H groups in total. The van der Waals surface area contributed by atoms with Crippen molar-refractivity contribution in [3.05, 3.63) is 57.5 Å². The van der Waals surface area contributed by atoms with Gasteiger partial charge in [-0.3, -0.25) is 24.2 Å². The summed E-state index contributed by atoms with van der Waals surface area (Å²) in [6, 6.07) is 0. The number of carbonyl (C=O) groups is 4. The highest BCUT2D eigenvalue weighted by Gasteiger charge is 2.77. The third-order valence-electron chi connectivity index (χ3n) is 10.8. The van der Waals surface area contributed by atoms with Gasteiger partial charge in [-0.25, -0.2) is 5.43 Å². The van der Waals surface area contributed by atoms with Crippen LogP contribution in [0.2, 0.25) is 0 Å². The summed E-state index contributed by atoms with van der Waals surface area (Å²) in [5.74, 6) is -3.10. The zero-order chi connectivity index (χ0) is 34.2. The van der Waals surface area contributed by atoms with Crippen LogP contribution in [0.3, 0.4) is 0 Å². The van der Waals surface area contributed by atoms with E-state index in [-0.39, 0.29) is 54.6 Å². The molecule has 6 rings (SSSR count). The molecule has 0 aromatic carbocycles. The van der Waals surface area contributed by atoms with E-state index in [1.54, 1.807) is 19.1 Å². The van der Waals surface area contributed by atoms with Crippen LogP contribution in [0.4, 0.5) is 0 Å². The summed E-state index contributed by atoms with van der Waals surface area (Å²) >= 11 is 4.40. The van der Waals surface area contributed by atoms with Crippen LogP contribution in [0.1, 0.15) is 57.7 Å². The first-order chi connectivity index (χ1) is 22.1. The predicted octanol–water partition coefficient (Wildman–Crippen LogP) is 1.08. The summed E-state index contributed by atoms with van der Waals surface area (Å²) in [6.07, 6.45) is 5.85. The molecule has 2 amide bonds. The Bertz CT molecular complexity index is 1800. The van der Waals surface area contributed by atoms with E-state index < -0.39 is 41.3 Å². The lowest BCUT2D eigenvalue weighted by molar-refractivity contribution is -0.137. The van der Waals surface area contributed by atoms with Gasteiger partial charge in [-0.05, 0) is 55.7 Å². The molecule has 47 heavy (non-hydrogen) atoms. The van der Waals surface area contributed by atoms with Crippen molar-refractivity contribution in [2.75, 3.05) is 5.75 Å². The van der Waals surface area contributed by atoms with Gasteiger partial charge in [0.05, 0.1) is 17.0 Å². The van der Waals surface area contributed by atoms with Crippen LogP contribution in [-0.2, 0) is 30.3 Å². The number of carboxylic acid groups (broad SMARTS) is 2. The summed E-state index contributed by atoms with van der Waals surface area (Å²) in [5, 5.41) is 38.8. The fourth-order valence-electron chi connectivity index (χ4n) is 7.89. The maximum Gasteiger partial charge on any atom is 0.311 e. The predicted molar refractivity (Wildman–Crippen MR) is 173 cm³/mol. The number of aliphatic carboxylic acids is 2. The smallest absolute Gasteiger partial charge is 0.311 e. The molecule has 14 heteroatoms. The third kappa shape index (κ3) is 5.08. The number of ether oxygens (including phenoxy) is 1. The van der Waals surface area contributed by atoms with E-state index in [9.17, 15) is 34.5 Å². The molecule has 4 saturated heterocycles. The van der Waals surface area contributed by atoms with Gasteiger partial charge in [-0.2, -0.15) is 12.6 Å². The van der Waals surface area contributed by atoms with Crippen LogP contribution < -0.4 is 26.6 Å². The highest BCUT2D eigenvalue weighted by Crippen LogP contribution is 2.57. The van der Waals surface area contributed by atoms with Gasteiger partial charge in [-0.1, -0.05) is 19.9 Å². The molecule has 13 nitrogen and oxygen atoms in total. The maximum absolute atomic E-state index is 12.6. The Morgan fingerprint density at radius 2 is 1.87 bits per heavy atom. The van der Waals surface area contributed by atoms with Crippen molar-refractivity contribution in [1.29, 1.82) is 0 Å². The molecule has 5 aliphatic heterocycles. The zero-order valence-electron chi connectivity index (χ0n) is 26.8. The molecule has 7 atom stereocenters. The standard InChI is InChI=1S/C33H41N5O8S/c1-6-20-30(45)36-33(31(20,5)46-33)14-22-16(3)28(25(39)12-27(42)43)21(34-22)11-24-19(7-8-26(40)41)17(4)32(37-38(24)32)13-23-18(9-10-47)15(2)29(44)35-23/h6,11,13,15,17-18,20,34,37,39,47H,1,7-10,12,14H2,2-5H3,(H,35,44)(H,36,45)(H,40,41)(H,42,43)/b21-11-,23-13-,28-25+/t15-,17?,18-,20?,31+,32-,33+,38?/m1/s1. The fraction of sp³-hybridized carbons (Fsp3) is 0.515. The summed E-state index contributed by atoms with van der Waals surface area (Å²) in [7, 11) is 0. The van der Waals surface area contributed by atoms with Gasteiger partial charge in [0.2, 0.25) is 11.8 Å². The van der Waals surface area contributed by atoms with E-state index in [0.29, 0.717) is 39.7 Å². The molecule has 0 saturated carbocycles. The average molecular weight is 668 g/mol. The molecule has 1 aromatic heterocycles. The number of hydrogen-bond donors (Lipinski definition) is 8. The number of carbonyl (C=O) groups excluding carboxylic acids is 2. The number of hydrazine groups is 1. The second kappa shape index (κ2) is 11.3. The minimum Gasteiger partial charge on any atom is -0.511 e. The van der Waals surface area contributed by atoms with E-state index in [1.165, 1.54) is 0 Å². The van der Waals surface area contributed by atoms with Crippen molar-refractivity contribution in [2.24, 2.45) is 23.7 Å².